The predicted molar refractivity (Wildman–Crippen MR) is 82.8 cm³/mol. The van der Waals surface area contributed by atoms with Gasteiger partial charge < -0.3 is 5.73 Å². The molecule has 0 unspecified atom stereocenters. The molecule has 2 N–H and O–H groups in total. The maximum atomic E-state index is 6.28. The van der Waals surface area contributed by atoms with Gasteiger partial charge in [-0.1, -0.05) is 23.2 Å². The number of nitrogens with zero attached hydrogens (tertiary/aromatic N) is 3. The molecule has 0 saturated heterocycles. The van der Waals surface area contributed by atoms with E-state index < -0.39 is 0 Å². The highest BCUT2D eigenvalue weighted by atomic mass is 35.5. The molecule has 0 aliphatic rings. The first-order valence-electron chi connectivity index (χ1n) is 6.05. The van der Waals surface area contributed by atoms with E-state index in [1.807, 2.05) is 30.5 Å². The van der Waals surface area contributed by atoms with Crippen LogP contribution in [0.3, 0.4) is 0 Å². The molecule has 4 nitrogen and oxygen atoms in total. The number of rotatable bonds is 1. The molecule has 20 heavy (non-hydrogen) atoms. The average Bonchev–Trinajstić information content (AvgIpc) is 2.67. The Labute approximate surface area is 126 Å². The molecule has 3 rings (SSSR count). The van der Waals surface area contributed by atoms with E-state index in [0.717, 1.165) is 17.2 Å². The number of pyridine rings is 1. The zero-order valence-electron chi connectivity index (χ0n) is 11.0. The summed E-state index contributed by atoms with van der Waals surface area (Å²) in [7, 11) is 0. The Bertz CT molecular complexity index is 824. The van der Waals surface area contributed by atoms with Crippen LogP contribution in [0.25, 0.3) is 16.9 Å². The van der Waals surface area contributed by atoms with Crippen molar-refractivity contribution < 1.29 is 0 Å². The van der Waals surface area contributed by atoms with Gasteiger partial charge in [0.1, 0.15) is 11.3 Å². The third-order valence-electron chi connectivity index (χ3n) is 3.09. The summed E-state index contributed by atoms with van der Waals surface area (Å²) in [5.41, 5.74) is 9.62. The van der Waals surface area contributed by atoms with Gasteiger partial charge in [0.2, 0.25) is 0 Å². The van der Waals surface area contributed by atoms with Crippen molar-refractivity contribution in [2.24, 2.45) is 0 Å². The van der Waals surface area contributed by atoms with Crippen molar-refractivity contribution in [2.75, 3.05) is 5.73 Å². The number of hydrogen-bond donors (Lipinski definition) is 1. The first-order valence-corrected chi connectivity index (χ1v) is 6.80. The van der Waals surface area contributed by atoms with Crippen molar-refractivity contribution in [2.45, 2.75) is 13.8 Å². The van der Waals surface area contributed by atoms with Gasteiger partial charge in [-0.15, -0.1) is 0 Å². The second kappa shape index (κ2) is 4.65. The zero-order chi connectivity index (χ0) is 14.4. The Morgan fingerprint density at radius 1 is 1.10 bits per heavy atom. The molecule has 0 bridgehead atoms. The number of benzene rings is 1. The Morgan fingerprint density at radius 3 is 2.55 bits per heavy atom. The van der Waals surface area contributed by atoms with Gasteiger partial charge >= 0.3 is 0 Å². The number of aryl methyl sites for hydroxylation is 2. The number of nitrogens with two attached hydrogens (primary N) is 1. The van der Waals surface area contributed by atoms with Gasteiger partial charge in [0.05, 0.1) is 16.4 Å². The molecule has 1 aromatic carbocycles. The Morgan fingerprint density at radius 2 is 1.85 bits per heavy atom. The molecular formula is C14H12Cl2N4. The molecular weight excluding hydrogens is 295 g/mol. The SMILES string of the molecule is Cc1cc(N)c2nc(C)n(-c3ccc(Cl)cc3Cl)c2n1. The molecule has 0 spiro atoms. The summed E-state index contributed by atoms with van der Waals surface area (Å²) in [6, 6.07) is 7.14. The number of imidazole rings is 1. The summed E-state index contributed by atoms with van der Waals surface area (Å²) >= 11 is 12.2. The molecule has 2 heterocycles. The number of nitrogen functional groups attached to an aromatic ring is 1. The molecule has 0 aliphatic heterocycles. The van der Waals surface area contributed by atoms with E-state index >= 15 is 0 Å². The monoisotopic (exact) mass is 306 g/mol. The van der Waals surface area contributed by atoms with Crippen molar-refractivity contribution in [3.05, 3.63) is 45.8 Å². The van der Waals surface area contributed by atoms with E-state index in [9.17, 15) is 0 Å². The van der Waals surface area contributed by atoms with Crippen LogP contribution in [0, 0.1) is 13.8 Å². The van der Waals surface area contributed by atoms with Crippen molar-refractivity contribution in [1.29, 1.82) is 0 Å². The molecule has 2 aromatic heterocycles. The van der Waals surface area contributed by atoms with E-state index in [-0.39, 0.29) is 0 Å². The molecule has 0 amide bonds. The minimum absolute atomic E-state index is 0.543. The quantitative estimate of drug-likeness (QED) is 0.741. The third-order valence-corrected chi connectivity index (χ3v) is 3.63. The first-order chi connectivity index (χ1) is 9.47. The summed E-state index contributed by atoms with van der Waals surface area (Å²) in [6.07, 6.45) is 0. The molecule has 0 saturated carbocycles. The topological polar surface area (TPSA) is 56.7 Å². The van der Waals surface area contributed by atoms with Crippen molar-refractivity contribution in [3.8, 4) is 5.69 Å². The smallest absolute Gasteiger partial charge is 0.167 e. The van der Waals surface area contributed by atoms with Crippen molar-refractivity contribution in [1.82, 2.24) is 14.5 Å². The summed E-state index contributed by atoms with van der Waals surface area (Å²) in [4.78, 5) is 9.00. The Kier molecular flexibility index (Phi) is 3.07. The second-order valence-electron chi connectivity index (χ2n) is 4.62. The summed E-state index contributed by atoms with van der Waals surface area (Å²) in [5.74, 6) is 0.772. The van der Waals surface area contributed by atoms with Crippen molar-refractivity contribution in [3.63, 3.8) is 0 Å². The van der Waals surface area contributed by atoms with Gasteiger partial charge in [-0.2, -0.15) is 0 Å². The van der Waals surface area contributed by atoms with Gasteiger partial charge in [-0.05, 0) is 38.1 Å². The van der Waals surface area contributed by atoms with Crippen LogP contribution in [-0.4, -0.2) is 14.5 Å². The molecule has 3 aromatic rings. The van der Waals surface area contributed by atoms with Gasteiger partial charge in [0.25, 0.3) is 0 Å². The molecule has 0 radical (unpaired) electrons. The van der Waals surface area contributed by atoms with E-state index in [1.54, 1.807) is 12.1 Å². The highest BCUT2D eigenvalue weighted by Gasteiger charge is 2.15. The summed E-state index contributed by atoms with van der Waals surface area (Å²) in [6.45, 7) is 3.79. The van der Waals surface area contributed by atoms with Crippen LogP contribution in [0.15, 0.2) is 24.3 Å². The largest absolute Gasteiger partial charge is 0.397 e. The second-order valence-corrected chi connectivity index (χ2v) is 5.46. The van der Waals surface area contributed by atoms with Crippen LogP contribution in [0.4, 0.5) is 5.69 Å². The lowest BCUT2D eigenvalue weighted by Gasteiger charge is -2.09. The maximum Gasteiger partial charge on any atom is 0.167 e. The summed E-state index contributed by atoms with van der Waals surface area (Å²) in [5, 5.41) is 1.13. The molecule has 0 atom stereocenters. The number of hydrogen-bond acceptors (Lipinski definition) is 3. The predicted octanol–water partition coefficient (Wildman–Crippen LogP) is 3.93. The standard InChI is InChI=1S/C14H12Cl2N4/c1-7-5-11(17)13-14(18-7)20(8(2)19-13)12-4-3-9(15)6-10(12)16/h3-6H,1-2H3,(H2,17,18). The molecule has 0 aliphatic carbocycles. The first kappa shape index (κ1) is 13.2. The van der Waals surface area contributed by atoms with Crippen LogP contribution in [0.1, 0.15) is 11.5 Å². The lowest BCUT2D eigenvalue weighted by molar-refractivity contribution is 0.983. The highest BCUT2D eigenvalue weighted by Crippen LogP contribution is 2.30. The number of halogens is 2. The minimum atomic E-state index is 0.543. The normalized spacial score (nSPS) is 11.2. The third kappa shape index (κ3) is 2.01. The highest BCUT2D eigenvalue weighted by molar-refractivity contribution is 6.35. The zero-order valence-corrected chi connectivity index (χ0v) is 12.5. The molecule has 0 fully saturated rings. The van der Waals surface area contributed by atoms with Crippen molar-refractivity contribution >= 4 is 40.1 Å². The van der Waals surface area contributed by atoms with E-state index in [4.69, 9.17) is 28.9 Å². The average molecular weight is 307 g/mol. The Hall–Kier alpha value is -1.78. The number of anilines is 1. The van der Waals surface area contributed by atoms with Crippen LogP contribution < -0.4 is 5.73 Å². The van der Waals surface area contributed by atoms with E-state index in [1.165, 1.54) is 0 Å². The fourth-order valence-electron chi connectivity index (χ4n) is 2.26. The minimum Gasteiger partial charge on any atom is -0.397 e. The Balaban J connectivity index is 2.38. The number of aromatic nitrogens is 3. The van der Waals surface area contributed by atoms with Crippen LogP contribution in [0.5, 0.6) is 0 Å². The maximum absolute atomic E-state index is 6.28. The van der Waals surface area contributed by atoms with Gasteiger partial charge in [0.15, 0.2) is 5.65 Å². The summed E-state index contributed by atoms with van der Waals surface area (Å²) < 4.78 is 1.89. The van der Waals surface area contributed by atoms with Crippen LogP contribution >= 0.6 is 23.2 Å². The number of fused-ring (bicyclic) bond motifs is 1. The molecule has 6 heteroatoms. The lowest BCUT2D eigenvalue weighted by atomic mass is 10.3. The fourth-order valence-corrected chi connectivity index (χ4v) is 2.75. The molecule has 102 valence electrons. The van der Waals surface area contributed by atoms with Crippen LogP contribution in [0.2, 0.25) is 10.0 Å². The van der Waals surface area contributed by atoms with E-state index in [2.05, 4.69) is 9.97 Å². The van der Waals surface area contributed by atoms with Gasteiger partial charge in [-0.3, -0.25) is 4.57 Å². The van der Waals surface area contributed by atoms with E-state index in [0.29, 0.717) is 26.9 Å². The van der Waals surface area contributed by atoms with Gasteiger partial charge in [0, 0.05) is 10.7 Å². The fraction of sp³-hybridized carbons (Fsp3) is 0.143. The lowest BCUT2D eigenvalue weighted by Crippen LogP contribution is -2.00. The van der Waals surface area contributed by atoms with Crippen LogP contribution in [-0.2, 0) is 0 Å². The van der Waals surface area contributed by atoms with Gasteiger partial charge in [-0.25, -0.2) is 9.97 Å².